The maximum absolute atomic E-state index is 8.53. The van der Waals surface area contributed by atoms with E-state index < -0.39 is 0 Å². The Balaban J connectivity index is 2.44. The van der Waals surface area contributed by atoms with Crippen LogP contribution in [0.15, 0.2) is 29.4 Å². The number of rotatable bonds is 9. The van der Waals surface area contributed by atoms with Crippen molar-refractivity contribution in [2.24, 2.45) is 16.8 Å². The summed E-state index contributed by atoms with van der Waals surface area (Å²) < 4.78 is 5.83. The van der Waals surface area contributed by atoms with Crippen molar-refractivity contribution in [3.8, 4) is 5.75 Å². The van der Waals surface area contributed by atoms with Crippen molar-refractivity contribution in [1.82, 2.24) is 0 Å². The van der Waals surface area contributed by atoms with Gasteiger partial charge in [0.2, 0.25) is 0 Å². The van der Waals surface area contributed by atoms with E-state index in [0.29, 0.717) is 12.3 Å². The van der Waals surface area contributed by atoms with Crippen LogP contribution in [0.2, 0.25) is 0 Å². The summed E-state index contributed by atoms with van der Waals surface area (Å²) in [7, 11) is 0. The SMILES string of the molecule is CCCCC(CC)COc1ccc(CC(N)=NO)cc1. The molecule has 0 aliphatic rings. The largest absolute Gasteiger partial charge is 0.493 e. The molecule has 0 heterocycles. The van der Waals surface area contributed by atoms with Crippen LogP contribution < -0.4 is 10.5 Å². The van der Waals surface area contributed by atoms with Gasteiger partial charge < -0.3 is 15.7 Å². The van der Waals surface area contributed by atoms with Crippen molar-refractivity contribution in [2.45, 2.75) is 46.0 Å². The monoisotopic (exact) mass is 278 g/mol. The van der Waals surface area contributed by atoms with Crippen LogP contribution in [-0.4, -0.2) is 17.6 Å². The average molecular weight is 278 g/mol. The smallest absolute Gasteiger partial charge is 0.143 e. The summed E-state index contributed by atoms with van der Waals surface area (Å²) in [5, 5.41) is 11.5. The molecule has 0 radical (unpaired) electrons. The lowest BCUT2D eigenvalue weighted by atomic mass is 10.0. The van der Waals surface area contributed by atoms with E-state index in [2.05, 4.69) is 19.0 Å². The molecule has 0 saturated carbocycles. The topological polar surface area (TPSA) is 67.8 Å². The van der Waals surface area contributed by atoms with Crippen molar-refractivity contribution in [2.75, 3.05) is 6.61 Å². The highest BCUT2D eigenvalue weighted by atomic mass is 16.5. The first-order valence-corrected chi connectivity index (χ1v) is 7.37. The number of hydrogen-bond acceptors (Lipinski definition) is 3. The Labute approximate surface area is 121 Å². The molecule has 0 aliphatic heterocycles. The Morgan fingerprint density at radius 2 is 2.00 bits per heavy atom. The Hall–Kier alpha value is -1.71. The number of nitrogens with two attached hydrogens (primary N) is 1. The van der Waals surface area contributed by atoms with Crippen LogP contribution in [0.3, 0.4) is 0 Å². The fourth-order valence-electron chi connectivity index (χ4n) is 2.06. The number of unbranched alkanes of at least 4 members (excludes halogenated alkanes) is 1. The fourth-order valence-corrected chi connectivity index (χ4v) is 2.06. The van der Waals surface area contributed by atoms with Gasteiger partial charge in [-0.05, 0) is 30.0 Å². The van der Waals surface area contributed by atoms with Crippen LogP contribution in [0.4, 0.5) is 0 Å². The molecule has 1 aromatic carbocycles. The third-order valence-electron chi connectivity index (χ3n) is 3.47. The summed E-state index contributed by atoms with van der Waals surface area (Å²) in [4.78, 5) is 0. The molecule has 4 heteroatoms. The molecule has 0 bridgehead atoms. The summed E-state index contributed by atoms with van der Waals surface area (Å²) in [6, 6.07) is 7.76. The predicted molar refractivity (Wildman–Crippen MR) is 82.4 cm³/mol. The Bertz CT molecular complexity index is 401. The molecule has 20 heavy (non-hydrogen) atoms. The standard InChI is InChI=1S/C16H26N2O2/c1-3-5-6-13(4-2)12-20-15-9-7-14(8-10-15)11-16(17)18-19/h7-10,13,19H,3-6,11-12H2,1-2H3,(H2,17,18). The summed E-state index contributed by atoms with van der Waals surface area (Å²) in [6.45, 7) is 5.20. The summed E-state index contributed by atoms with van der Waals surface area (Å²) in [5.41, 5.74) is 6.48. The van der Waals surface area contributed by atoms with Crippen molar-refractivity contribution >= 4 is 5.84 Å². The molecular formula is C16H26N2O2. The molecule has 0 aliphatic carbocycles. The minimum absolute atomic E-state index is 0.212. The lowest BCUT2D eigenvalue weighted by molar-refractivity contribution is 0.233. The second kappa shape index (κ2) is 9.23. The summed E-state index contributed by atoms with van der Waals surface area (Å²) >= 11 is 0. The number of hydrogen-bond donors (Lipinski definition) is 2. The molecule has 1 atom stereocenters. The second-order valence-corrected chi connectivity index (χ2v) is 5.14. The molecule has 3 N–H and O–H groups in total. The zero-order chi connectivity index (χ0) is 14.8. The lowest BCUT2D eigenvalue weighted by Gasteiger charge is -2.15. The van der Waals surface area contributed by atoms with Gasteiger partial charge in [-0.15, -0.1) is 0 Å². The first-order valence-electron chi connectivity index (χ1n) is 7.37. The molecule has 0 saturated heterocycles. The first kappa shape index (κ1) is 16.3. The van der Waals surface area contributed by atoms with E-state index in [9.17, 15) is 0 Å². The first-order chi connectivity index (χ1) is 9.69. The van der Waals surface area contributed by atoms with Gasteiger partial charge in [-0.1, -0.05) is 50.4 Å². The quantitative estimate of drug-likeness (QED) is 0.314. The molecule has 1 unspecified atom stereocenters. The zero-order valence-corrected chi connectivity index (χ0v) is 12.5. The molecule has 4 nitrogen and oxygen atoms in total. The second-order valence-electron chi connectivity index (χ2n) is 5.14. The van der Waals surface area contributed by atoms with Crippen LogP contribution in [0.1, 0.15) is 45.1 Å². The van der Waals surface area contributed by atoms with Crippen LogP contribution in [-0.2, 0) is 6.42 Å². The van der Waals surface area contributed by atoms with E-state index in [1.54, 1.807) is 0 Å². The maximum Gasteiger partial charge on any atom is 0.143 e. The number of benzene rings is 1. The van der Waals surface area contributed by atoms with Crippen molar-refractivity contribution in [3.05, 3.63) is 29.8 Å². The lowest BCUT2D eigenvalue weighted by Crippen LogP contribution is -2.14. The van der Waals surface area contributed by atoms with Gasteiger partial charge in [-0.2, -0.15) is 0 Å². The summed E-state index contributed by atoms with van der Waals surface area (Å²) in [6.07, 6.45) is 5.33. The number of nitrogens with zero attached hydrogens (tertiary/aromatic N) is 1. The third kappa shape index (κ3) is 5.95. The normalized spacial score (nSPS) is 13.2. The van der Waals surface area contributed by atoms with E-state index in [1.165, 1.54) is 19.3 Å². The van der Waals surface area contributed by atoms with E-state index >= 15 is 0 Å². The van der Waals surface area contributed by atoms with Gasteiger partial charge in [-0.3, -0.25) is 0 Å². The molecule has 0 fully saturated rings. The average Bonchev–Trinajstić information content (AvgIpc) is 2.49. The maximum atomic E-state index is 8.53. The minimum atomic E-state index is 0.212. The molecule has 0 spiro atoms. The Morgan fingerprint density at radius 1 is 1.30 bits per heavy atom. The zero-order valence-electron chi connectivity index (χ0n) is 12.5. The van der Waals surface area contributed by atoms with E-state index in [0.717, 1.165) is 24.3 Å². The van der Waals surface area contributed by atoms with Gasteiger partial charge in [0.1, 0.15) is 11.6 Å². The number of oxime groups is 1. The van der Waals surface area contributed by atoms with Gasteiger partial charge in [0.05, 0.1) is 6.61 Å². The molecule has 1 rings (SSSR count). The van der Waals surface area contributed by atoms with Gasteiger partial charge in [0, 0.05) is 6.42 Å². The van der Waals surface area contributed by atoms with Gasteiger partial charge >= 0.3 is 0 Å². The Kier molecular flexibility index (Phi) is 7.55. The third-order valence-corrected chi connectivity index (χ3v) is 3.47. The number of ether oxygens (including phenoxy) is 1. The van der Waals surface area contributed by atoms with Gasteiger partial charge in [0.15, 0.2) is 0 Å². The molecule has 1 aromatic rings. The molecule has 0 amide bonds. The van der Waals surface area contributed by atoms with Crippen LogP contribution in [0, 0.1) is 5.92 Å². The van der Waals surface area contributed by atoms with Crippen molar-refractivity contribution < 1.29 is 9.94 Å². The Morgan fingerprint density at radius 3 is 2.55 bits per heavy atom. The highest BCUT2D eigenvalue weighted by Crippen LogP contribution is 2.17. The summed E-state index contributed by atoms with van der Waals surface area (Å²) in [5.74, 6) is 1.72. The van der Waals surface area contributed by atoms with Crippen molar-refractivity contribution in [3.63, 3.8) is 0 Å². The molecule has 0 aromatic heterocycles. The van der Waals surface area contributed by atoms with Gasteiger partial charge in [0.25, 0.3) is 0 Å². The minimum Gasteiger partial charge on any atom is -0.493 e. The highest BCUT2D eigenvalue weighted by Gasteiger charge is 2.07. The van der Waals surface area contributed by atoms with E-state index in [4.69, 9.17) is 15.7 Å². The van der Waals surface area contributed by atoms with E-state index in [-0.39, 0.29) is 5.84 Å². The van der Waals surface area contributed by atoms with Gasteiger partial charge in [-0.25, -0.2) is 0 Å². The highest BCUT2D eigenvalue weighted by molar-refractivity contribution is 5.82. The molecular weight excluding hydrogens is 252 g/mol. The van der Waals surface area contributed by atoms with Crippen molar-refractivity contribution in [1.29, 1.82) is 0 Å². The fraction of sp³-hybridized carbons (Fsp3) is 0.562. The van der Waals surface area contributed by atoms with Crippen LogP contribution in [0.5, 0.6) is 5.75 Å². The number of amidine groups is 1. The predicted octanol–water partition coefficient (Wildman–Crippen LogP) is 3.57. The molecule has 112 valence electrons. The van der Waals surface area contributed by atoms with E-state index in [1.807, 2.05) is 24.3 Å². The van der Waals surface area contributed by atoms with Crippen LogP contribution in [0.25, 0.3) is 0 Å². The van der Waals surface area contributed by atoms with Crippen LogP contribution >= 0.6 is 0 Å².